The highest BCUT2D eigenvalue weighted by Crippen LogP contribution is 2.44. The van der Waals surface area contributed by atoms with Crippen LogP contribution in [0, 0.1) is 17.5 Å². The third-order valence-corrected chi connectivity index (χ3v) is 4.38. The van der Waals surface area contributed by atoms with Crippen molar-refractivity contribution in [1.82, 2.24) is 4.98 Å². The van der Waals surface area contributed by atoms with Gasteiger partial charge in [0.1, 0.15) is 30.7 Å². The average molecular weight is 460 g/mol. The van der Waals surface area contributed by atoms with Gasteiger partial charge in [0.15, 0.2) is 17.1 Å². The summed E-state index contributed by atoms with van der Waals surface area (Å²) in [5.74, 6) is -8.18. The van der Waals surface area contributed by atoms with Crippen molar-refractivity contribution in [1.29, 1.82) is 0 Å². The molecule has 2 aromatic rings. The Kier molecular flexibility index (Phi) is 7.46. The van der Waals surface area contributed by atoms with Crippen molar-refractivity contribution in [3.8, 4) is 0 Å². The zero-order valence-corrected chi connectivity index (χ0v) is 16.4. The van der Waals surface area contributed by atoms with Crippen molar-refractivity contribution in [2.75, 3.05) is 18.5 Å². The van der Waals surface area contributed by atoms with E-state index in [0.717, 1.165) is 25.1 Å². The molecule has 1 amide bonds. The number of alkyl halides is 2. The Balaban J connectivity index is 0.00000114. The van der Waals surface area contributed by atoms with Crippen molar-refractivity contribution < 1.29 is 41.4 Å². The number of aliphatic imine (C=N–C) groups is 1. The number of hydrogen-bond acceptors (Lipinski definition) is 6. The first-order valence-electron chi connectivity index (χ1n) is 8.75. The fourth-order valence-electron chi connectivity index (χ4n) is 2.83. The van der Waals surface area contributed by atoms with Crippen LogP contribution in [-0.4, -0.2) is 47.4 Å². The first-order valence-corrected chi connectivity index (χ1v) is 8.75. The predicted octanol–water partition coefficient (Wildman–Crippen LogP) is 2.69. The molecule has 2 heterocycles. The second kappa shape index (κ2) is 9.68. The molecule has 1 aliphatic heterocycles. The summed E-state index contributed by atoms with van der Waals surface area (Å²) in [4.78, 5) is 27.6. The third-order valence-electron chi connectivity index (χ3n) is 4.38. The van der Waals surface area contributed by atoms with Crippen LogP contribution in [0.4, 0.5) is 27.6 Å². The maximum absolute atomic E-state index is 14.7. The molecule has 0 saturated heterocycles. The summed E-state index contributed by atoms with van der Waals surface area (Å²) < 4.78 is 75.2. The van der Waals surface area contributed by atoms with Crippen LogP contribution in [0.2, 0.25) is 0 Å². The molecule has 1 aromatic carbocycles. The highest BCUT2D eigenvalue weighted by molar-refractivity contribution is 6.03. The summed E-state index contributed by atoms with van der Waals surface area (Å²) >= 11 is 0. The number of carboxylic acid groups (broad SMARTS) is 1. The van der Waals surface area contributed by atoms with Gasteiger partial charge in [-0.05, 0) is 25.1 Å². The molecule has 0 radical (unpaired) electrons. The number of halogens is 5. The second-order valence-electron chi connectivity index (χ2n) is 6.61. The predicted molar refractivity (Wildman–Crippen MR) is 102 cm³/mol. The number of benzene rings is 1. The molecule has 3 rings (SSSR count). The van der Waals surface area contributed by atoms with Crippen LogP contribution in [0.15, 0.2) is 35.5 Å². The number of carbonyl (C=O) groups is 2. The fraction of sp³-hybridized carbons (Fsp3) is 0.263. The Bertz CT molecular complexity index is 1050. The lowest BCUT2D eigenvalue weighted by atomic mass is 9.85. The maximum atomic E-state index is 14.7. The summed E-state index contributed by atoms with van der Waals surface area (Å²) in [6.07, 6.45) is 0.638. The number of nitrogens with two attached hydrogens (primary N) is 1. The first-order chi connectivity index (χ1) is 14.9. The number of nitrogens with one attached hydrogen (secondary N) is 1. The minimum absolute atomic E-state index is 0.132. The zero-order valence-electron chi connectivity index (χ0n) is 16.4. The minimum Gasteiger partial charge on any atom is -0.483 e. The molecule has 0 saturated carbocycles. The molecule has 0 bridgehead atoms. The number of amidine groups is 1. The van der Waals surface area contributed by atoms with Crippen LogP contribution in [-0.2, 0) is 15.1 Å². The Labute approximate surface area is 177 Å². The van der Waals surface area contributed by atoms with Crippen LogP contribution in [0.1, 0.15) is 23.0 Å². The lowest BCUT2D eigenvalue weighted by molar-refractivity contribution is -0.122. The summed E-state index contributed by atoms with van der Waals surface area (Å²) in [5, 5.41) is 9.10. The smallest absolute Gasteiger partial charge is 0.299 e. The van der Waals surface area contributed by atoms with Gasteiger partial charge in [0, 0.05) is 17.3 Å². The summed E-state index contributed by atoms with van der Waals surface area (Å²) in [6.45, 7) is -0.660. The topological polar surface area (TPSA) is 127 Å². The monoisotopic (exact) mass is 460 g/mol. The lowest BCUT2D eigenvalue weighted by Crippen LogP contribution is -2.45. The molecule has 1 aromatic heterocycles. The Morgan fingerprint density at radius 3 is 2.53 bits per heavy atom. The normalized spacial score (nSPS) is 19.6. The minimum atomic E-state index is -3.62. The van der Waals surface area contributed by atoms with Gasteiger partial charge < -0.3 is 20.9 Å². The van der Waals surface area contributed by atoms with E-state index in [2.05, 4.69) is 15.3 Å². The van der Waals surface area contributed by atoms with Crippen molar-refractivity contribution in [2.45, 2.75) is 18.4 Å². The molecule has 0 aliphatic carbocycles. The average Bonchev–Trinajstić information content (AvgIpc) is 2.79. The van der Waals surface area contributed by atoms with E-state index in [1.54, 1.807) is 0 Å². The highest BCUT2D eigenvalue weighted by atomic mass is 19.3. The third kappa shape index (κ3) is 5.17. The Morgan fingerprint density at radius 2 is 1.91 bits per heavy atom. The molecule has 32 heavy (non-hydrogen) atoms. The van der Waals surface area contributed by atoms with Gasteiger partial charge in [-0.1, -0.05) is 0 Å². The molecule has 0 fully saturated rings. The van der Waals surface area contributed by atoms with Crippen LogP contribution in [0.5, 0.6) is 0 Å². The van der Waals surface area contributed by atoms with Crippen molar-refractivity contribution in [2.24, 2.45) is 10.7 Å². The van der Waals surface area contributed by atoms with Crippen molar-refractivity contribution in [3.05, 3.63) is 59.2 Å². The zero-order chi connectivity index (χ0) is 24.1. The molecular formula is C19H17F5N4O4. The van der Waals surface area contributed by atoms with Gasteiger partial charge in [-0.15, -0.1) is 0 Å². The summed E-state index contributed by atoms with van der Waals surface area (Å²) in [5.41, 5.74) is 1.73. The lowest BCUT2D eigenvalue weighted by Gasteiger charge is -2.33. The number of rotatable bonds is 3. The standard InChI is InChI=1S/C18H15F5N4O2.CH2O2/c1-17(18(22,23)8-29-7-14(24)27-17)11-5-10(2-3-12(11)20)26-16(28)15-13(21)4-9(19)6-25-15;2-1-3/h2-6H,7-8H2,1H3,(H2,24,27)(H,26,28);1H,(H,2,3). The van der Waals surface area contributed by atoms with Crippen molar-refractivity contribution >= 4 is 23.9 Å². The molecule has 1 atom stereocenters. The summed E-state index contributed by atoms with van der Waals surface area (Å²) in [7, 11) is 0. The van der Waals surface area contributed by atoms with Gasteiger partial charge in [-0.25, -0.2) is 26.9 Å². The van der Waals surface area contributed by atoms with E-state index in [0.29, 0.717) is 12.3 Å². The van der Waals surface area contributed by atoms with Gasteiger partial charge >= 0.3 is 0 Å². The highest BCUT2D eigenvalue weighted by Gasteiger charge is 2.54. The number of anilines is 1. The molecule has 172 valence electrons. The van der Waals surface area contributed by atoms with E-state index in [1.165, 1.54) is 0 Å². The molecular weight excluding hydrogens is 443 g/mol. The number of hydrogen-bond donors (Lipinski definition) is 3. The number of carbonyl (C=O) groups excluding carboxylic acids is 1. The van der Waals surface area contributed by atoms with Crippen LogP contribution < -0.4 is 11.1 Å². The van der Waals surface area contributed by atoms with Gasteiger partial charge in [0.05, 0.1) is 6.20 Å². The fourth-order valence-corrected chi connectivity index (χ4v) is 2.83. The molecule has 4 N–H and O–H groups in total. The molecule has 1 unspecified atom stereocenters. The molecule has 8 nitrogen and oxygen atoms in total. The first kappa shape index (κ1) is 24.7. The molecule has 1 aliphatic rings. The Morgan fingerprint density at radius 1 is 1.25 bits per heavy atom. The van der Waals surface area contributed by atoms with Crippen LogP contribution in [0.3, 0.4) is 0 Å². The number of aromatic nitrogens is 1. The summed E-state index contributed by atoms with van der Waals surface area (Å²) in [6, 6.07) is 3.32. The van der Waals surface area contributed by atoms with Crippen molar-refractivity contribution in [3.63, 3.8) is 0 Å². The maximum Gasteiger partial charge on any atom is 0.299 e. The van der Waals surface area contributed by atoms with Gasteiger partial charge in [0.2, 0.25) is 0 Å². The van der Waals surface area contributed by atoms with E-state index in [4.69, 9.17) is 20.4 Å². The van der Waals surface area contributed by atoms with Gasteiger partial charge in [0.25, 0.3) is 18.3 Å². The number of nitrogens with zero attached hydrogens (tertiary/aromatic N) is 2. The molecule has 13 heteroatoms. The van der Waals surface area contributed by atoms with Gasteiger partial charge in [-0.2, -0.15) is 0 Å². The largest absolute Gasteiger partial charge is 0.483 e. The number of amides is 1. The van der Waals surface area contributed by atoms with Crippen LogP contribution >= 0.6 is 0 Å². The Hall–Kier alpha value is -3.61. The van der Waals surface area contributed by atoms with Crippen LogP contribution in [0.25, 0.3) is 0 Å². The second-order valence-corrected chi connectivity index (χ2v) is 6.61. The van der Waals surface area contributed by atoms with E-state index < -0.39 is 52.7 Å². The van der Waals surface area contributed by atoms with E-state index in [-0.39, 0.29) is 24.6 Å². The van der Waals surface area contributed by atoms with E-state index in [1.807, 2.05) is 0 Å². The van der Waals surface area contributed by atoms with Gasteiger partial charge in [-0.3, -0.25) is 14.6 Å². The quantitative estimate of drug-likeness (QED) is 0.478. The number of pyridine rings is 1. The van der Waals surface area contributed by atoms with E-state index >= 15 is 0 Å². The SMILES string of the molecule is CC1(c2cc(NC(=O)c3ncc(F)cc3F)ccc2F)N=C(N)COCC1(F)F.O=CO. The number of ether oxygens (including phenoxy) is 1. The van der Waals surface area contributed by atoms with E-state index in [9.17, 15) is 26.7 Å². The molecule has 0 spiro atoms.